The van der Waals surface area contributed by atoms with Crippen LogP contribution in [0.25, 0.3) is 0 Å². The molecular formula is C11H21CoO2-5. The molecule has 0 fully saturated rings. The molecule has 0 amide bonds. The molecule has 0 aliphatic heterocycles. The summed E-state index contributed by atoms with van der Waals surface area (Å²) in [6.45, 7) is 4.00. The topological polar surface area (TPSA) is 34.1 Å². The Morgan fingerprint density at radius 1 is 0.929 bits per heavy atom. The Morgan fingerprint density at radius 2 is 1.29 bits per heavy atom. The van der Waals surface area contributed by atoms with Gasteiger partial charge in [-0.2, -0.15) is 6.08 Å². The van der Waals surface area contributed by atoms with Crippen molar-refractivity contribution in [1.82, 2.24) is 0 Å². The molecule has 0 aromatic carbocycles. The molecule has 0 atom stereocenters. The van der Waals surface area contributed by atoms with Gasteiger partial charge in [-0.3, -0.25) is 6.08 Å². The standard InChI is InChI=1S/C5H5.2CH2O.4CH3.Co/c1-2-4-5-3-1;2*1-2;;;;;/h1-3H,4H2;2*1H2;4*1H3;/q-1;;;4*-1;. The first-order valence-corrected chi connectivity index (χ1v) is 2.29. The fourth-order valence-electron chi connectivity index (χ4n) is 0.340. The Labute approximate surface area is 101 Å². The second-order valence-corrected chi connectivity index (χ2v) is 1.00. The van der Waals surface area contributed by atoms with Gasteiger partial charge in [0.25, 0.3) is 0 Å². The monoisotopic (exact) mass is 244 g/mol. The fraction of sp³-hybridized carbons (Fsp3) is 0.0909. The summed E-state index contributed by atoms with van der Waals surface area (Å²) < 4.78 is 0. The van der Waals surface area contributed by atoms with Gasteiger partial charge in [0.2, 0.25) is 0 Å². The molecule has 0 aromatic rings. The average molecular weight is 244 g/mol. The summed E-state index contributed by atoms with van der Waals surface area (Å²) in [5.41, 5.74) is 0. The summed E-state index contributed by atoms with van der Waals surface area (Å²) in [6, 6.07) is 0. The number of hydrogen-bond acceptors (Lipinski definition) is 2. The Bertz CT molecular complexity index is 89.5. The largest absolute Gasteiger partial charge is 0.358 e. The maximum absolute atomic E-state index is 8.00. The van der Waals surface area contributed by atoms with Crippen LogP contribution in [-0.2, 0) is 26.4 Å². The summed E-state index contributed by atoms with van der Waals surface area (Å²) >= 11 is 0. The minimum atomic E-state index is 0. The van der Waals surface area contributed by atoms with Crippen LogP contribution in [0.2, 0.25) is 0 Å². The van der Waals surface area contributed by atoms with Crippen molar-refractivity contribution in [1.29, 1.82) is 0 Å². The molecule has 0 saturated heterocycles. The molecule has 0 spiro atoms. The Kier molecular flexibility index (Phi) is 305. The van der Waals surface area contributed by atoms with Crippen LogP contribution in [0, 0.1) is 35.8 Å². The van der Waals surface area contributed by atoms with Crippen molar-refractivity contribution in [3.8, 4) is 0 Å². The van der Waals surface area contributed by atoms with E-state index in [1.54, 1.807) is 0 Å². The van der Waals surface area contributed by atoms with Crippen LogP contribution in [0.5, 0.6) is 0 Å². The van der Waals surface area contributed by atoms with E-state index in [9.17, 15) is 0 Å². The first-order chi connectivity index (χ1) is 4.50. The smallest absolute Gasteiger partial charge is 0.106 e. The average Bonchev–Trinajstić information content (AvgIpc) is 2.51. The first kappa shape index (κ1) is 50.6. The van der Waals surface area contributed by atoms with Crippen LogP contribution < -0.4 is 0 Å². The number of carbonyl (C=O) groups is 2. The van der Waals surface area contributed by atoms with E-state index >= 15 is 0 Å². The molecule has 3 heteroatoms. The van der Waals surface area contributed by atoms with E-state index in [-0.39, 0.29) is 46.5 Å². The second kappa shape index (κ2) is 84.5. The summed E-state index contributed by atoms with van der Waals surface area (Å²) in [5, 5.41) is 0. The van der Waals surface area contributed by atoms with Crippen LogP contribution in [0.15, 0.2) is 18.2 Å². The van der Waals surface area contributed by atoms with Gasteiger partial charge in [-0.15, -0.1) is 6.42 Å². The molecule has 1 aliphatic carbocycles. The molecule has 1 aliphatic rings. The number of rotatable bonds is 0. The van der Waals surface area contributed by atoms with E-state index in [0.29, 0.717) is 0 Å². The maximum Gasteiger partial charge on any atom is 0.106 e. The minimum Gasteiger partial charge on any atom is -0.358 e. The SMILES string of the molecule is C=O.C=O.[C-]1=CC=CC1.[CH3-].[CH3-].[CH3-].[CH3-].[Co]. The summed E-state index contributed by atoms with van der Waals surface area (Å²) in [4.78, 5) is 16.0. The van der Waals surface area contributed by atoms with Crippen molar-refractivity contribution < 1.29 is 26.4 Å². The predicted octanol–water partition coefficient (Wildman–Crippen LogP) is 2.73. The van der Waals surface area contributed by atoms with E-state index in [1.807, 2.05) is 25.7 Å². The zero-order chi connectivity index (χ0) is 7.54. The summed E-state index contributed by atoms with van der Waals surface area (Å²) in [6.07, 6.45) is 10.0. The molecule has 2 nitrogen and oxygen atoms in total. The quantitative estimate of drug-likeness (QED) is 0.614. The third kappa shape index (κ3) is 64.5. The fourth-order valence-corrected chi connectivity index (χ4v) is 0.340. The van der Waals surface area contributed by atoms with Gasteiger partial charge in [0.15, 0.2) is 0 Å². The molecular weight excluding hydrogens is 223 g/mol. The molecule has 0 saturated carbocycles. The third-order valence-corrected chi connectivity index (χ3v) is 0.586. The third-order valence-electron chi connectivity index (χ3n) is 0.586. The van der Waals surface area contributed by atoms with E-state index in [4.69, 9.17) is 9.59 Å². The molecule has 0 aromatic heterocycles. The number of hydrogen-bond donors (Lipinski definition) is 0. The Balaban J connectivity index is -0.0000000101. The van der Waals surface area contributed by atoms with Crippen LogP contribution >= 0.6 is 0 Å². The van der Waals surface area contributed by atoms with Gasteiger partial charge in [0, 0.05) is 16.8 Å². The molecule has 0 N–H and O–H groups in total. The second-order valence-electron chi connectivity index (χ2n) is 1.00. The van der Waals surface area contributed by atoms with E-state index in [2.05, 4.69) is 12.2 Å². The maximum atomic E-state index is 8.00. The first-order valence-electron chi connectivity index (χ1n) is 2.29. The van der Waals surface area contributed by atoms with Crippen molar-refractivity contribution in [2.24, 2.45) is 0 Å². The van der Waals surface area contributed by atoms with Gasteiger partial charge in [-0.1, -0.05) is 0 Å². The molecule has 1 radical (unpaired) electrons. The van der Waals surface area contributed by atoms with Gasteiger partial charge in [-0.25, -0.2) is 12.2 Å². The van der Waals surface area contributed by atoms with Crippen LogP contribution in [0.3, 0.4) is 0 Å². The molecule has 0 heterocycles. The molecule has 91 valence electrons. The van der Waals surface area contributed by atoms with Crippen LogP contribution in [0.4, 0.5) is 0 Å². The van der Waals surface area contributed by atoms with Gasteiger partial charge in [0.05, 0.1) is 0 Å². The van der Waals surface area contributed by atoms with Crippen molar-refractivity contribution in [2.45, 2.75) is 6.42 Å². The zero-order valence-corrected chi connectivity index (χ0v) is 10.5. The van der Waals surface area contributed by atoms with Crippen molar-refractivity contribution in [3.05, 3.63) is 54.0 Å². The molecule has 1 rings (SSSR count). The predicted molar refractivity (Wildman–Crippen MR) is 61.5 cm³/mol. The van der Waals surface area contributed by atoms with Crippen molar-refractivity contribution >= 4 is 13.6 Å². The summed E-state index contributed by atoms with van der Waals surface area (Å²) in [5.74, 6) is 0. The van der Waals surface area contributed by atoms with E-state index in [0.717, 1.165) is 6.42 Å². The zero-order valence-electron chi connectivity index (χ0n) is 9.50. The Morgan fingerprint density at radius 3 is 1.36 bits per heavy atom. The van der Waals surface area contributed by atoms with Gasteiger partial charge in [0.1, 0.15) is 13.6 Å². The molecule has 0 unspecified atom stereocenters. The van der Waals surface area contributed by atoms with Gasteiger partial charge in [-0.05, 0) is 0 Å². The molecule has 14 heavy (non-hydrogen) atoms. The van der Waals surface area contributed by atoms with Crippen LogP contribution in [0.1, 0.15) is 6.42 Å². The van der Waals surface area contributed by atoms with Gasteiger partial charge < -0.3 is 39.3 Å². The van der Waals surface area contributed by atoms with E-state index in [1.165, 1.54) is 0 Å². The summed E-state index contributed by atoms with van der Waals surface area (Å²) in [7, 11) is 0. The number of allylic oxidation sites excluding steroid dienone is 4. The van der Waals surface area contributed by atoms with Gasteiger partial charge >= 0.3 is 0 Å². The van der Waals surface area contributed by atoms with E-state index < -0.39 is 0 Å². The van der Waals surface area contributed by atoms with Crippen molar-refractivity contribution in [3.63, 3.8) is 0 Å². The van der Waals surface area contributed by atoms with Crippen molar-refractivity contribution in [2.75, 3.05) is 0 Å². The van der Waals surface area contributed by atoms with Crippen LogP contribution in [-0.4, -0.2) is 13.6 Å². The molecule has 0 bridgehead atoms. The minimum absolute atomic E-state index is 0. The number of carbonyl (C=O) groups excluding carboxylic acids is 2. The Hall–Kier alpha value is -0.674. The normalized spacial score (nSPS) is 6.86.